The van der Waals surface area contributed by atoms with Crippen LogP contribution in [-0.4, -0.2) is 10.3 Å². The van der Waals surface area contributed by atoms with E-state index in [2.05, 4.69) is 29.6 Å². The normalized spacial score (nSPS) is 9.89. The summed E-state index contributed by atoms with van der Waals surface area (Å²) in [5.41, 5.74) is 0. The van der Waals surface area contributed by atoms with E-state index in [0.29, 0.717) is 0 Å². The first-order chi connectivity index (χ1) is 4.43. The van der Waals surface area contributed by atoms with Crippen LogP contribution in [0.2, 0.25) is 0 Å². The highest BCUT2D eigenvalue weighted by Gasteiger charge is 1.87. The van der Waals surface area contributed by atoms with Crippen LogP contribution >= 0.6 is 0 Å². The summed E-state index contributed by atoms with van der Waals surface area (Å²) in [5, 5.41) is 0. The molecular formula is C7H12NS+. The molecule has 0 spiro atoms. The highest BCUT2D eigenvalue weighted by molar-refractivity contribution is 7.58. The lowest BCUT2D eigenvalue weighted by molar-refractivity contribution is 0.689. The monoisotopic (exact) mass is 142 g/mol. The van der Waals surface area contributed by atoms with Crippen LogP contribution in [0.4, 0.5) is 0 Å². The Labute approximate surface area is 61.1 Å². The zero-order valence-electron chi connectivity index (χ0n) is 5.38. The maximum Gasteiger partial charge on any atom is 0.105 e. The molecule has 1 aromatic heterocycles. The number of nitrogens with zero attached hydrogens (tertiary/aromatic N) is 1. The van der Waals surface area contributed by atoms with Gasteiger partial charge in [0.15, 0.2) is 0 Å². The van der Waals surface area contributed by atoms with Gasteiger partial charge in [-0.25, -0.2) is 0 Å². The Morgan fingerprint density at radius 1 is 1.22 bits per heavy atom. The third-order valence-corrected chi connectivity index (χ3v) is 1.61. The van der Waals surface area contributed by atoms with Gasteiger partial charge in [0.2, 0.25) is 0 Å². The molecule has 1 rings (SSSR count). The van der Waals surface area contributed by atoms with E-state index in [9.17, 15) is 0 Å². The summed E-state index contributed by atoms with van der Waals surface area (Å²) in [6.45, 7) is 1.12. The van der Waals surface area contributed by atoms with Crippen molar-refractivity contribution in [2.24, 2.45) is 0 Å². The minimum absolute atomic E-state index is 1.08. The molecule has 50 valence electrons. The van der Waals surface area contributed by atoms with Crippen molar-refractivity contribution in [1.29, 1.82) is 0 Å². The van der Waals surface area contributed by atoms with Gasteiger partial charge >= 0.3 is 0 Å². The zero-order valence-corrected chi connectivity index (χ0v) is 6.38. The Kier molecular flexibility index (Phi) is 2.71. The molecule has 0 unspecified atom stereocenters. The molecule has 1 nitrogen and oxygen atoms in total. The molecule has 9 heavy (non-hydrogen) atoms. The fourth-order valence-electron chi connectivity index (χ4n) is 0.781. The first kappa shape index (κ1) is 6.75. The second-order valence-electron chi connectivity index (χ2n) is 2.02. The molecule has 0 radical (unpaired) electrons. The Hall–Kier alpha value is -0.370. The van der Waals surface area contributed by atoms with Crippen LogP contribution in [0.3, 0.4) is 0 Å². The van der Waals surface area contributed by atoms with Gasteiger partial charge < -0.3 is 4.57 Å². The SMILES string of the molecule is [SH2+]CCCn1cccc1. The quantitative estimate of drug-likeness (QED) is 0.552. The predicted octanol–water partition coefficient (Wildman–Crippen LogP) is 0.890. The summed E-state index contributed by atoms with van der Waals surface area (Å²) in [6, 6.07) is 4.10. The summed E-state index contributed by atoms with van der Waals surface area (Å²) in [7, 11) is 0. The second kappa shape index (κ2) is 3.62. The molecule has 0 aliphatic carbocycles. The fraction of sp³-hybridized carbons (Fsp3) is 0.429. The number of hydrogen-bond donors (Lipinski definition) is 0. The molecule has 0 bridgehead atoms. The molecule has 0 N–H and O–H groups in total. The van der Waals surface area contributed by atoms with E-state index in [1.165, 1.54) is 6.42 Å². The lowest BCUT2D eigenvalue weighted by Gasteiger charge is -1.95. The maximum absolute atomic E-state index is 3.43. The minimum Gasteiger partial charge on any atom is -0.354 e. The molecule has 0 saturated heterocycles. The van der Waals surface area contributed by atoms with Crippen LogP contribution in [-0.2, 0) is 19.2 Å². The molecule has 0 saturated carbocycles. The van der Waals surface area contributed by atoms with Gasteiger partial charge in [-0.15, -0.1) is 0 Å². The molecule has 0 fully saturated rings. The summed E-state index contributed by atoms with van der Waals surface area (Å²) in [4.78, 5) is 0. The van der Waals surface area contributed by atoms with E-state index < -0.39 is 0 Å². The Bertz CT molecular complexity index is 146. The van der Waals surface area contributed by atoms with E-state index in [1.807, 2.05) is 12.1 Å². The molecule has 1 aromatic rings. The predicted molar refractivity (Wildman–Crippen MR) is 44.1 cm³/mol. The molecule has 1 heterocycles. The lowest BCUT2D eigenvalue weighted by Crippen LogP contribution is -1.94. The van der Waals surface area contributed by atoms with Crippen molar-refractivity contribution in [2.75, 3.05) is 5.75 Å². The van der Waals surface area contributed by atoms with Crippen LogP contribution in [0.5, 0.6) is 0 Å². The van der Waals surface area contributed by atoms with Gasteiger partial charge in [-0.05, 0) is 24.8 Å². The first-order valence-electron chi connectivity index (χ1n) is 3.19. The van der Waals surface area contributed by atoms with Gasteiger partial charge in [-0.3, -0.25) is 0 Å². The van der Waals surface area contributed by atoms with E-state index in [4.69, 9.17) is 0 Å². The highest BCUT2D eigenvalue weighted by atomic mass is 32.1. The maximum atomic E-state index is 3.43. The molecule has 0 aliphatic heterocycles. The Morgan fingerprint density at radius 2 is 1.89 bits per heavy atom. The van der Waals surface area contributed by atoms with Crippen LogP contribution in [0, 0.1) is 0 Å². The zero-order chi connectivity index (χ0) is 6.53. The summed E-state index contributed by atoms with van der Waals surface area (Å²) in [6.07, 6.45) is 5.37. The third kappa shape index (κ3) is 2.14. The number of aromatic nitrogens is 1. The molecule has 0 aromatic carbocycles. The van der Waals surface area contributed by atoms with E-state index >= 15 is 0 Å². The number of aryl methyl sites for hydroxylation is 1. The van der Waals surface area contributed by atoms with Gasteiger partial charge in [0, 0.05) is 25.4 Å². The summed E-state index contributed by atoms with van der Waals surface area (Å²) in [5.74, 6) is 1.08. The van der Waals surface area contributed by atoms with Crippen molar-refractivity contribution in [3.8, 4) is 0 Å². The Morgan fingerprint density at radius 3 is 2.44 bits per heavy atom. The van der Waals surface area contributed by atoms with Crippen LogP contribution in [0.15, 0.2) is 24.5 Å². The van der Waals surface area contributed by atoms with Crippen molar-refractivity contribution in [2.45, 2.75) is 13.0 Å². The minimum atomic E-state index is 1.08. The van der Waals surface area contributed by atoms with Crippen molar-refractivity contribution in [3.05, 3.63) is 24.5 Å². The average molecular weight is 142 g/mol. The lowest BCUT2D eigenvalue weighted by atomic mass is 10.5. The number of hydrogen-bond acceptors (Lipinski definition) is 0. The average Bonchev–Trinajstić information content (AvgIpc) is 2.34. The van der Waals surface area contributed by atoms with Gasteiger partial charge in [0.25, 0.3) is 0 Å². The number of rotatable bonds is 3. The standard InChI is InChI=1S/C7H11NS/c9-7-3-6-8-4-1-2-5-8/h1-2,4-5,9H,3,6-7H2/p+1. The molecular weight excluding hydrogens is 130 g/mol. The Balaban J connectivity index is 2.30. The van der Waals surface area contributed by atoms with E-state index in [1.54, 1.807) is 0 Å². The van der Waals surface area contributed by atoms with Gasteiger partial charge in [-0.1, -0.05) is 0 Å². The fourth-order valence-corrected chi connectivity index (χ4v) is 0.939. The van der Waals surface area contributed by atoms with Gasteiger partial charge in [-0.2, -0.15) is 0 Å². The molecule has 0 aliphatic rings. The molecule has 0 amide bonds. The highest BCUT2D eigenvalue weighted by Crippen LogP contribution is 1.91. The van der Waals surface area contributed by atoms with Crippen LogP contribution < -0.4 is 0 Å². The first-order valence-corrected chi connectivity index (χ1v) is 3.89. The molecule has 2 heteroatoms. The largest absolute Gasteiger partial charge is 0.354 e. The van der Waals surface area contributed by atoms with Crippen LogP contribution in [0.1, 0.15) is 6.42 Å². The van der Waals surface area contributed by atoms with E-state index in [0.717, 1.165) is 12.3 Å². The topological polar surface area (TPSA) is 4.93 Å². The van der Waals surface area contributed by atoms with Gasteiger partial charge in [0.1, 0.15) is 5.75 Å². The summed E-state index contributed by atoms with van der Waals surface area (Å²) >= 11 is 3.43. The smallest absolute Gasteiger partial charge is 0.105 e. The van der Waals surface area contributed by atoms with Crippen LogP contribution in [0.25, 0.3) is 0 Å². The summed E-state index contributed by atoms with van der Waals surface area (Å²) < 4.78 is 2.18. The van der Waals surface area contributed by atoms with Crippen molar-refractivity contribution >= 4 is 12.6 Å². The van der Waals surface area contributed by atoms with Crippen molar-refractivity contribution in [3.63, 3.8) is 0 Å². The third-order valence-electron chi connectivity index (χ3n) is 1.26. The van der Waals surface area contributed by atoms with Crippen molar-refractivity contribution in [1.82, 2.24) is 4.57 Å². The second-order valence-corrected chi connectivity index (χ2v) is 2.52. The molecule has 0 atom stereocenters. The van der Waals surface area contributed by atoms with Gasteiger partial charge in [0.05, 0.1) is 0 Å². The van der Waals surface area contributed by atoms with Crippen molar-refractivity contribution < 1.29 is 0 Å². The van der Waals surface area contributed by atoms with E-state index in [-0.39, 0.29) is 0 Å².